The van der Waals surface area contributed by atoms with Crippen LogP contribution in [0.4, 0.5) is 0 Å². The van der Waals surface area contributed by atoms with E-state index in [9.17, 15) is 9.90 Å². The van der Waals surface area contributed by atoms with Gasteiger partial charge in [-0.05, 0) is 38.2 Å². The summed E-state index contributed by atoms with van der Waals surface area (Å²) in [4.78, 5) is 15.2. The minimum Gasteiger partial charge on any atom is -0.505 e. The first-order valence-corrected chi connectivity index (χ1v) is 9.56. The summed E-state index contributed by atoms with van der Waals surface area (Å²) in [5, 5.41) is 14.4. The van der Waals surface area contributed by atoms with Crippen LogP contribution in [0.3, 0.4) is 0 Å². The third-order valence-electron chi connectivity index (χ3n) is 5.91. The van der Waals surface area contributed by atoms with Gasteiger partial charge in [0.05, 0.1) is 25.0 Å². The first kappa shape index (κ1) is 17.1. The van der Waals surface area contributed by atoms with E-state index in [1.165, 1.54) is 50.2 Å². The maximum atomic E-state index is 11.2. The van der Waals surface area contributed by atoms with Gasteiger partial charge in [-0.3, -0.25) is 14.5 Å². The van der Waals surface area contributed by atoms with Gasteiger partial charge in [0.15, 0.2) is 12.0 Å². The maximum absolute atomic E-state index is 11.2. The van der Waals surface area contributed by atoms with Crippen molar-refractivity contribution in [3.63, 3.8) is 0 Å². The van der Waals surface area contributed by atoms with Gasteiger partial charge in [-0.25, -0.2) is 0 Å². The van der Waals surface area contributed by atoms with E-state index in [1.807, 2.05) is 6.20 Å². The van der Waals surface area contributed by atoms with Crippen LogP contribution in [0.2, 0.25) is 0 Å². The second-order valence-electron chi connectivity index (χ2n) is 7.44. The number of carbonyl (C=O) groups excluding carboxylic acids is 1. The molecule has 2 fully saturated rings. The fourth-order valence-electron chi connectivity index (χ4n) is 4.22. The van der Waals surface area contributed by atoms with Crippen molar-refractivity contribution in [1.29, 1.82) is 0 Å². The monoisotopic (exact) mass is 355 g/mol. The SMILES string of the molecule is O=Cc1c(O)cncc1OCC1CCCCC1c1ccnn1C1CCC1. The van der Waals surface area contributed by atoms with E-state index in [2.05, 4.69) is 20.8 Å². The van der Waals surface area contributed by atoms with E-state index in [0.717, 1.165) is 12.8 Å². The Bertz CT molecular complexity index is 769. The molecule has 26 heavy (non-hydrogen) atoms. The van der Waals surface area contributed by atoms with Gasteiger partial charge < -0.3 is 9.84 Å². The molecule has 2 atom stereocenters. The number of aldehydes is 1. The van der Waals surface area contributed by atoms with Gasteiger partial charge in [0.2, 0.25) is 0 Å². The lowest BCUT2D eigenvalue weighted by atomic mass is 9.77. The Balaban J connectivity index is 1.51. The Labute approximate surface area is 153 Å². The molecule has 138 valence electrons. The Hall–Kier alpha value is -2.37. The summed E-state index contributed by atoms with van der Waals surface area (Å²) in [7, 11) is 0. The zero-order chi connectivity index (χ0) is 17.9. The molecule has 0 amide bonds. The number of ether oxygens (including phenoxy) is 1. The zero-order valence-electron chi connectivity index (χ0n) is 14.9. The van der Waals surface area contributed by atoms with Crippen LogP contribution in [-0.2, 0) is 0 Å². The van der Waals surface area contributed by atoms with Crippen LogP contribution < -0.4 is 4.74 Å². The number of nitrogens with zero attached hydrogens (tertiary/aromatic N) is 3. The molecule has 0 bridgehead atoms. The summed E-state index contributed by atoms with van der Waals surface area (Å²) in [6.07, 6.45) is 13.7. The molecule has 1 N–H and O–H groups in total. The number of pyridine rings is 1. The molecule has 4 rings (SSSR count). The topological polar surface area (TPSA) is 77.2 Å². The van der Waals surface area contributed by atoms with Crippen LogP contribution in [0, 0.1) is 5.92 Å². The number of aromatic hydroxyl groups is 1. The molecule has 0 aliphatic heterocycles. The molecule has 2 heterocycles. The quantitative estimate of drug-likeness (QED) is 0.796. The highest BCUT2D eigenvalue weighted by Crippen LogP contribution is 2.41. The molecule has 2 aliphatic rings. The summed E-state index contributed by atoms with van der Waals surface area (Å²) in [6.45, 7) is 0.520. The van der Waals surface area contributed by atoms with Crippen LogP contribution in [0.1, 0.15) is 73.0 Å². The summed E-state index contributed by atoms with van der Waals surface area (Å²) in [5.41, 5.74) is 1.50. The molecule has 6 heteroatoms. The van der Waals surface area contributed by atoms with Crippen LogP contribution in [0.25, 0.3) is 0 Å². The second-order valence-corrected chi connectivity index (χ2v) is 7.44. The molecule has 2 aliphatic carbocycles. The lowest BCUT2D eigenvalue weighted by molar-refractivity contribution is 0.111. The Morgan fingerprint density at radius 2 is 2.04 bits per heavy atom. The van der Waals surface area contributed by atoms with Crippen molar-refractivity contribution < 1.29 is 14.6 Å². The molecule has 0 saturated heterocycles. The third kappa shape index (κ3) is 3.20. The number of rotatable bonds is 6. The number of hydrogen-bond acceptors (Lipinski definition) is 5. The van der Waals surface area contributed by atoms with E-state index in [1.54, 1.807) is 0 Å². The predicted molar refractivity (Wildman–Crippen MR) is 96.6 cm³/mol. The molecule has 0 radical (unpaired) electrons. The standard InChI is InChI=1S/C20H25N3O3/c24-12-17-19(25)10-21-11-20(17)26-13-14-4-1-2-7-16(14)18-8-9-22-23(18)15-5-3-6-15/h8-12,14-16,25H,1-7,13H2. The molecule has 2 aromatic rings. The van der Waals surface area contributed by atoms with Gasteiger partial charge in [-0.1, -0.05) is 12.8 Å². The molecule has 2 saturated carbocycles. The first-order valence-electron chi connectivity index (χ1n) is 9.56. The minimum atomic E-state index is -0.138. The summed E-state index contributed by atoms with van der Waals surface area (Å²) < 4.78 is 8.17. The van der Waals surface area contributed by atoms with Crippen LogP contribution in [0.15, 0.2) is 24.7 Å². The normalized spacial score (nSPS) is 23.4. The lowest BCUT2D eigenvalue weighted by Gasteiger charge is -2.35. The van der Waals surface area contributed by atoms with E-state index in [-0.39, 0.29) is 11.3 Å². The van der Waals surface area contributed by atoms with Gasteiger partial charge in [-0.15, -0.1) is 0 Å². The predicted octanol–water partition coefficient (Wildman–Crippen LogP) is 3.87. The second kappa shape index (κ2) is 7.48. The highest BCUT2D eigenvalue weighted by atomic mass is 16.5. The Kier molecular flexibility index (Phi) is 4.91. The minimum absolute atomic E-state index is 0.138. The average molecular weight is 355 g/mol. The van der Waals surface area contributed by atoms with E-state index < -0.39 is 0 Å². The highest BCUT2D eigenvalue weighted by Gasteiger charge is 2.32. The van der Waals surface area contributed by atoms with Crippen LogP contribution in [-0.4, -0.2) is 32.8 Å². The molecular formula is C20H25N3O3. The number of carbonyl (C=O) groups is 1. The van der Waals surface area contributed by atoms with Crippen molar-refractivity contribution in [2.45, 2.75) is 56.9 Å². The Morgan fingerprint density at radius 1 is 1.19 bits per heavy atom. The third-order valence-corrected chi connectivity index (χ3v) is 5.91. The van der Waals surface area contributed by atoms with Crippen molar-refractivity contribution >= 4 is 6.29 Å². The first-order chi connectivity index (χ1) is 12.8. The summed E-state index contributed by atoms with van der Waals surface area (Å²) in [6, 6.07) is 2.72. The van der Waals surface area contributed by atoms with Gasteiger partial charge in [-0.2, -0.15) is 5.10 Å². The Morgan fingerprint density at radius 3 is 2.81 bits per heavy atom. The molecule has 0 aromatic carbocycles. The summed E-state index contributed by atoms with van der Waals surface area (Å²) in [5.74, 6) is 1.02. The molecule has 6 nitrogen and oxygen atoms in total. The largest absolute Gasteiger partial charge is 0.505 e. The number of hydrogen-bond donors (Lipinski definition) is 1. The summed E-state index contributed by atoms with van der Waals surface area (Å²) >= 11 is 0. The fourth-order valence-corrected chi connectivity index (χ4v) is 4.22. The van der Waals surface area contributed by atoms with Crippen molar-refractivity contribution in [2.75, 3.05) is 6.61 Å². The van der Waals surface area contributed by atoms with E-state index >= 15 is 0 Å². The van der Waals surface area contributed by atoms with Crippen molar-refractivity contribution in [1.82, 2.24) is 14.8 Å². The highest BCUT2D eigenvalue weighted by molar-refractivity contribution is 5.82. The van der Waals surface area contributed by atoms with E-state index in [4.69, 9.17) is 4.74 Å². The molecule has 2 unspecified atom stereocenters. The van der Waals surface area contributed by atoms with Crippen LogP contribution >= 0.6 is 0 Å². The van der Waals surface area contributed by atoms with Gasteiger partial charge in [0.1, 0.15) is 11.3 Å². The smallest absolute Gasteiger partial charge is 0.157 e. The number of aromatic nitrogens is 3. The van der Waals surface area contributed by atoms with Gasteiger partial charge >= 0.3 is 0 Å². The van der Waals surface area contributed by atoms with Crippen molar-refractivity contribution in [3.8, 4) is 11.5 Å². The fraction of sp³-hybridized carbons (Fsp3) is 0.550. The molecule has 0 spiro atoms. The van der Waals surface area contributed by atoms with Gasteiger partial charge in [0.25, 0.3) is 0 Å². The molecular weight excluding hydrogens is 330 g/mol. The van der Waals surface area contributed by atoms with E-state index in [0.29, 0.717) is 36.5 Å². The maximum Gasteiger partial charge on any atom is 0.157 e. The average Bonchev–Trinajstić information content (AvgIpc) is 3.07. The van der Waals surface area contributed by atoms with Crippen molar-refractivity contribution in [3.05, 3.63) is 35.9 Å². The lowest BCUT2D eigenvalue weighted by Crippen LogP contribution is -2.28. The van der Waals surface area contributed by atoms with Gasteiger partial charge in [0, 0.05) is 23.7 Å². The van der Waals surface area contributed by atoms with Crippen LogP contribution in [0.5, 0.6) is 11.5 Å². The van der Waals surface area contributed by atoms with Crippen molar-refractivity contribution in [2.24, 2.45) is 5.92 Å². The molecule has 2 aromatic heterocycles. The zero-order valence-corrected chi connectivity index (χ0v) is 14.9.